The number of carbonyl (C=O) groups excluding carboxylic acids is 2. The molecule has 0 atom stereocenters. The monoisotopic (exact) mass is 473 g/mol. The molecule has 34 heavy (non-hydrogen) atoms. The Labute approximate surface area is 202 Å². The van der Waals surface area contributed by atoms with E-state index < -0.39 is 5.91 Å². The van der Waals surface area contributed by atoms with Crippen LogP contribution in [0.1, 0.15) is 15.9 Å². The van der Waals surface area contributed by atoms with Crippen LogP contribution < -0.4 is 11.1 Å². The van der Waals surface area contributed by atoms with Crippen molar-refractivity contribution in [1.82, 2.24) is 14.7 Å². The highest BCUT2D eigenvalue weighted by Crippen LogP contribution is 2.26. The van der Waals surface area contributed by atoms with E-state index in [0.717, 1.165) is 22.5 Å². The number of carbonyl (C=O) groups is 2. The SMILES string of the molecule is CN(CC(=O)Nc1ccccc1C(N)=O)Cc1cn(-c2ccccc2)nc1-c1ccc(Cl)cc1. The molecule has 7 nitrogen and oxygen atoms in total. The number of para-hydroxylation sites is 2. The molecule has 172 valence electrons. The lowest BCUT2D eigenvalue weighted by Gasteiger charge is -2.17. The van der Waals surface area contributed by atoms with Gasteiger partial charge < -0.3 is 11.1 Å². The van der Waals surface area contributed by atoms with Crippen LogP contribution in [0.4, 0.5) is 5.69 Å². The average molecular weight is 474 g/mol. The van der Waals surface area contributed by atoms with Gasteiger partial charge in [0.2, 0.25) is 5.91 Å². The highest BCUT2D eigenvalue weighted by Gasteiger charge is 2.17. The molecule has 8 heteroatoms. The number of rotatable bonds is 8. The highest BCUT2D eigenvalue weighted by molar-refractivity contribution is 6.30. The first-order valence-corrected chi connectivity index (χ1v) is 11.1. The summed E-state index contributed by atoms with van der Waals surface area (Å²) in [4.78, 5) is 26.2. The zero-order valence-corrected chi connectivity index (χ0v) is 19.4. The van der Waals surface area contributed by atoms with Crippen molar-refractivity contribution < 1.29 is 9.59 Å². The Bertz CT molecular complexity index is 1300. The zero-order valence-electron chi connectivity index (χ0n) is 18.6. The van der Waals surface area contributed by atoms with Crippen LogP contribution in [0.15, 0.2) is 85.1 Å². The number of benzene rings is 3. The Morgan fingerprint density at radius 1 is 1.00 bits per heavy atom. The molecule has 0 spiro atoms. The van der Waals surface area contributed by atoms with Crippen LogP contribution in [0.2, 0.25) is 5.02 Å². The summed E-state index contributed by atoms with van der Waals surface area (Å²) in [6, 6.07) is 24.0. The van der Waals surface area contributed by atoms with Crippen molar-refractivity contribution in [1.29, 1.82) is 0 Å². The number of likely N-dealkylation sites (N-methyl/N-ethyl adjacent to an activating group) is 1. The Morgan fingerprint density at radius 3 is 2.38 bits per heavy atom. The normalized spacial score (nSPS) is 10.9. The second kappa shape index (κ2) is 10.3. The fourth-order valence-electron chi connectivity index (χ4n) is 3.68. The smallest absolute Gasteiger partial charge is 0.250 e. The number of nitrogens with one attached hydrogen (secondary N) is 1. The van der Waals surface area contributed by atoms with Gasteiger partial charge in [-0.3, -0.25) is 14.5 Å². The number of aromatic nitrogens is 2. The van der Waals surface area contributed by atoms with Gasteiger partial charge in [0.25, 0.3) is 5.91 Å². The minimum absolute atomic E-state index is 0.115. The van der Waals surface area contributed by atoms with Crippen LogP contribution in [0, 0.1) is 0 Å². The number of hydrogen-bond donors (Lipinski definition) is 2. The average Bonchev–Trinajstić information content (AvgIpc) is 3.23. The maximum absolute atomic E-state index is 12.7. The predicted molar refractivity (Wildman–Crippen MR) is 134 cm³/mol. The molecule has 0 aliphatic carbocycles. The van der Waals surface area contributed by atoms with Gasteiger partial charge in [0, 0.05) is 28.9 Å². The summed E-state index contributed by atoms with van der Waals surface area (Å²) in [5.74, 6) is -0.843. The molecule has 1 aromatic heterocycles. The first-order valence-electron chi connectivity index (χ1n) is 10.7. The minimum atomic E-state index is -0.592. The maximum atomic E-state index is 12.7. The lowest BCUT2D eigenvalue weighted by Crippen LogP contribution is -2.30. The van der Waals surface area contributed by atoms with Crippen molar-refractivity contribution in [3.05, 3.63) is 101 Å². The Hall–Kier alpha value is -3.94. The molecule has 2 amide bonds. The predicted octanol–water partition coefficient (Wildman–Crippen LogP) is 4.36. The van der Waals surface area contributed by atoms with Gasteiger partial charge in [-0.1, -0.05) is 54.1 Å². The fourth-order valence-corrected chi connectivity index (χ4v) is 3.80. The van der Waals surface area contributed by atoms with Crippen molar-refractivity contribution >= 4 is 29.1 Å². The van der Waals surface area contributed by atoms with Gasteiger partial charge >= 0.3 is 0 Å². The van der Waals surface area contributed by atoms with Gasteiger partial charge in [-0.25, -0.2) is 4.68 Å². The molecule has 0 bridgehead atoms. The van der Waals surface area contributed by atoms with Gasteiger partial charge in [0.05, 0.1) is 29.2 Å². The molecule has 0 radical (unpaired) electrons. The second-order valence-corrected chi connectivity index (χ2v) is 8.36. The van der Waals surface area contributed by atoms with E-state index in [-0.39, 0.29) is 18.0 Å². The third-order valence-corrected chi connectivity index (χ3v) is 5.50. The lowest BCUT2D eigenvalue weighted by atomic mass is 10.1. The summed E-state index contributed by atoms with van der Waals surface area (Å²) in [5.41, 5.74) is 9.71. The molecular formula is C26H24ClN5O2. The van der Waals surface area contributed by atoms with Crippen LogP contribution in [-0.4, -0.2) is 40.1 Å². The molecule has 4 rings (SSSR count). The van der Waals surface area contributed by atoms with Gasteiger partial charge in [0.1, 0.15) is 0 Å². The van der Waals surface area contributed by atoms with Gasteiger partial charge in [-0.05, 0) is 43.4 Å². The van der Waals surface area contributed by atoms with Crippen LogP contribution in [-0.2, 0) is 11.3 Å². The van der Waals surface area contributed by atoms with Crippen LogP contribution in [0.25, 0.3) is 16.9 Å². The standard InChI is InChI=1S/C26H24ClN5O2/c1-31(17-24(33)29-23-10-6-5-9-22(23)26(28)34)15-19-16-32(21-7-3-2-4-8-21)30-25(19)18-11-13-20(27)14-12-18/h2-14,16H,15,17H2,1H3,(H2,28,34)(H,29,33). The summed E-state index contributed by atoms with van der Waals surface area (Å²) < 4.78 is 1.83. The van der Waals surface area contributed by atoms with Crippen LogP contribution in [0.5, 0.6) is 0 Å². The third kappa shape index (κ3) is 5.51. The first-order chi connectivity index (χ1) is 16.4. The summed E-state index contributed by atoms with van der Waals surface area (Å²) in [5, 5.41) is 8.23. The third-order valence-electron chi connectivity index (χ3n) is 5.25. The largest absolute Gasteiger partial charge is 0.366 e. The van der Waals surface area contributed by atoms with Crippen LogP contribution >= 0.6 is 11.6 Å². The van der Waals surface area contributed by atoms with E-state index in [1.807, 2.05) is 77.4 Å². The molecule has 3 aromatic carbocycles. The number of anilines is 1. The number of primary amides is 1. The van der Waals surface area contributed by atoms with E-state index in [0.29, 0.717) is 17.3 Å². The molecule has 0 saturated carbocycles. The topological polar surface area (TPSA) is 93.3 Å². The molecule has 0 aliphatic rings. The zero-order chi connectivity index (χ0) is 24.1. The van der Waals surface area contributed by atoms with Crippen molar-refractivity contribution in [3.8, 4) is 16.9 Å². The molecule has 4 aromatic rings. The van der Waals surface area contributed by atoms with E-state index in [1.54, 1.807) is 24.3 Å². The summed E-state index contributed by atoms with van der Waals surface area (Å²) in [6.07, 6.45) is 1.97. The summed E-state index contributed by atoms with van der Waals surface area (Å²) in [7, 11) is 1.85. The van der Waals surface area contributed by atoms with Gasteiger partial charge in [0.15, 0.2) is 0 Å². The molecule has 0 unspecified atom stereocenters. The van der Waals surface area contributed by atoms with E-state index in [9.17, 15) is 9.59 Å². The van der Waals surface area contributed by atoms with Crippen molar-refractivity contribution in [2.45, 2.75) is 6.54 Å². The van der Waals surface area contributed by atoms with Crippen molar-refractivity contribution in [3.63, 3.8) is 0 Å². The fraction of sp³-hybridized carbons (Fsp3) is 0.115. The number of halogens is 1. The quantitative estimate of drug-likeness (QED) is 0.397. The van der Waals surface area contributed by atoms with E-state index in [4.69, 9.17) is 22.4 Å². The molecular weight excluding hydrogens is 450 g/mol. The molecule has 0 fully saturated rings. The molecule has 0 saturated heterocycles. The number of hydrogen-bond acceptors (Lipinski definition) is 4. The highest BCUT2D eigenvalue weighted by atomic mass is 35.5. The van der Waals surface area contributed by atoms with E-state index in [1.165, 1.54) is 0 Å². The summed E-state index contributed by atoms with van der Waals surface area (Å²) in [6.45, 7) is 0.597. The number of nitrogens with two attached hydrogens (primary N) is 1. The second-order valence-electron chi connectivity index (χ2n) is 7.92. The summed E-state index contributed by atoms with van der Waals surface area (Å²) >= 11 is 6.07. The van der Waals surface area contributed by atoms with Crippen molar-refractivity contribution in [2.75, 3.05) is 18.9 Å². The van der Waals surface area contributed by atoms with E-state index >= 15 is 0 Å². The van der Waals surface area contributed by atoms with Crippen molar-refractivity contribution in [2.24, 2.45) is 5.73 Å². The van der Waals surface area contributed by atoms with E-state index in [2.05, 4.69) is 5.32 Å². The number of nitrogens with zero attached hydrogens (tertiary/aromatic N) is 3. The molecule has 3 N–H and O–H groups in total. The Kier molecular flexibility index (Phi) is 7.06. The maximum Gasteiger partial charge on any atom is 0.250 e. The van der Waals surface area contributed by atoms with Gasteiger partial charge in [-0.15, -0.1) is 0 Å². The lowest BCUT2D eigenvalue weighted by molar-refractivity contribution is -0.117. The Morgan fingerprint density at radius 2 is 1.68 bits per heavy atom. The molecule has 0 aliphatic heterocycles. The minimum Gasteiger partial charge on any atom is -0.366 e. The Balaban J connectivity index is 1.54. The van der Waals surface area contributed by atoms with Crippen LogP contribution in [0.3, 0.4) is 0 Å². The first kappa shape index (κ1) is 23.2. The number of amides is 2. The molecule has 1 heterocycles. The van der Waals surface area contributed by atoms with Gasteiger partial charge in [-0.2, -0.15) is 5.10 Å².